The monoisotopic (exact) mass is 240 g/mol. The minimum absolute atomic E-state index is 0.124. The smallest absolute Gasteiger partial charge is 0.316 e. The first-order valence-electron chi connectivity index (χ1n) is 5.41. The summed E-state index contributed by atoms with van der Waals surface area (Å²) in [5, 5.41) is 13.9. The Labute approximate surface area is 102 Å². The number of hydrogen-bond donors (Lipinski definition) is 3. The summed E-state index contributed by atoms with van der Waals surface area (Å²) >= 11 is 0. The van der Waals surface area contributed by atoms with E-state index in [0.717, 1.165) is 0 Å². The highest BCUT2D eigenvalue weighted by atomic mass is 16.4. The molecule has 2 amide bonds. The molecule has 0 spiro atoms. The molecule has 0 bridgehead atoms. The van der Waals surface area contributed by atoms with Crippen LogP contribution in [-0.2, 0) is 4.79 Å². The van der Waals surface area contributed by atoms with E-state index in [0.29, 0.717) is 0 Å². The van der Waals surface area contributed by atoms with Crippen molar-refractivity contribution in [1.82, 2.24) is 10.6 Å². The van der Waals surface area contributed by atoms with Gasteiger partial charge < -0.3 is 15.7 Å². The van der Waals surface area contributed by atoms with Crippen LogP contribution in [0.2, 0.25) is 0 Å². The molecular weight excluding hydrogens is 220 g/mol. The summed E-state index contributed by atoms with van der Waals surface area (Å²) in [6.45, 7) is 7.27. The fourth-order valence-corrected chi connectivity index (χ4v) is 1.19. The minimum Gasteiger partial charge on any atom is -0.481 e. The van der Waals surface area contributed by atoms with Crippen molar-refractivity contribution in [2.45, 2.75) is 46.2 Å². The van der Waals surface area contributed by atoms with Crippen molar-refractivity contribution in [3.05, 3.63) is 0 Å². The quantitative estimate of drug-likeness (QED) is 0.646. The molecule has 3 N–H and O–H groups in total. The van der Waals surface area contributed by atoms with E-state index >= 15 is 0 Å². The summed E-state index contributed by atoms with van der Waals surface area (Å²) in [6.07, 6.45) is 5.01. The van der Waals surface area contributed by atoms with Gasteiger partial charge in [0.25, 0.3) is 0 Å². The second-order valence-electron chi connectivity index (χ2n) is 5.02. The van der Waals surface area contributed by atoms with Crippen molar-refractivity contribution in [3.8, 4) is 12.3 Å². The van der Waals surface area contributed by atoms with Gasteiger partial charge in [-0.2, -0.15) is 0 Å². The van der Waals surface area contributed by atoms with Crippen LogP contribution in [-0.4, -0.2) is 29.2 Å². The van der Waals surface area contributed by atoms with Crippen LogP contribution in [0.25, 0.3) is 0 Å². The summed E-state index contributed by atoms with van der Waals surface area (Å²) in [4.78, 5) is 22.3. The third kappa shape index (κ3) is 6.46. The molecule has 0 heterocycles. The number of aliphatic carboxylic acids is 1. The highest BCUT2D eigenvalue weighted by Crippen LogP contribution is 2.21. The van der Waals surface area contributed by atoms with Gasteiger partial charge in [0.05, 0.1) is 12.5 Å². The first-order valence-corrected chi connectivity index (χ1v) is 5.41. The molecule has 0 saturated carbocycles. The number of urea groups is 1. The summed E-state index contributed by atoms with van der Waals surface area (Å²) in [7, 11) is 0. The van der Waals surface area contributed by atoms with E-state index in [1.807, 2.05) is 20.8 Å². The van der Waals surface area contributed by atoms with Crippen molar-refractivity contribution in [2.24, 2.45) is 5.41 Å². The molecule has 5 heteroatoms. The summed E-state index contributed by atoms with van der Waals surface area (Å²) in [5.74, 6) is 1.41. The Morgan fingerprint density at radius 3 is 2.24 bits per heavy atom. The Balaban J connectivity index is 4.50. The molecule has 0 fully saturated rings. The van der Waals surface area contributed by atoms with Gasteiger partial charge in [-0.3, -0.25) is 4.79 Å². The predicted octanol–water partition coefficient (Wildman–Crippen LogP) is 1.20. The fraction of sp³-hybridized carbons (Fsp3) is 0.667. The Kier molecular flexibility index (Phi) is 5.52. The minimum atomic E-state index is -0.949. The molecule has 2 atom stereocenters. The van der Waals surface area contributed by atoms with Crippen LogP contribution in [0.3, 0.4) is 0 Å². The van der Waals surface area contributed by atoms with Crippen LogP contribution in [0.5, 0.6) is 0 Å². The van der Waals surface area contributed by atoms with Crippen LogP contribution in [0, 0.1) is 17.8 Å². The zero-order valence-corrected chi connectivity index (χ0v) is 10.7. The van der Waals surface area contributed by atoms with Gasteiger partial charge in [-0.05, 0) is 12.3 Å². The lowest BCUT2D eigenvalue weighted by Crippen LogP contribution is -2.50. The number of nitrogens with one attached hydrogen (secondary N) is 2. The van der Waals surface area contributed by atoms with E-state index < -0.39 is 18.0 Å². The Morgan fingerprint density at radius 2 is 1.88 bits per heavy atom. The topological polar surface area (TPSA) is 78.4 Å². The number of carbonyl (C=O) groups excluding carboxylic acids is 1. The molecule has 0 aromatic heterocycles. The van der Waals surface area contributed by atoms with E-state index in [9.17, 15) is 9.59 Å². The van der Waals surface area contributed by atoms with E-state index in [4.69, 9.17) is 11.5 Å². The Bertz CT molecular complexity index is 326. The zero-order chi connectivity index (χ0) is 13.6. The van der Waals surface area contributed by atoms with Gasteiger partial charge in [-0.25, -0.2) is 4.79 Å². The number of rotatable bonds is 4. The maximum absolute atomic E-state index is 11.5. The van der Waals surface area contributed by atoms with Crippen LogP contribution in [0.4, 0.5) is 4.79 Å². The molecule has 0 aliphatic rings. The van der Waals surface area contributed by atoms with Crippen LogP contribution in [0.1, 0.15) is 34.1 Å². The first-order chi connectivity index (χ1) is 7.66. The lowest BCUT2D eigenvalue weighted by atomic mass is 9.85. The van der Waals surface area contributed by atoms with E-state index in [1.165, 1.54) is 0 Å². The molecule has 0 aliphatic heterocycles. The average molecular weight is 240 g/mol. The van der Waals surface area contributed by atoms with Gasteiger partial charge in [0.15, 0.2) is 0 Å². The number of hydrogen-bond acceptors (Lipinski definition) is 2. The highest BCUT2D eigenvalue weighted by molar-refractivity contribution is 5.76. The molecule has 0 aromatic rings. The van der Waals surface area contributed by atoms with Gasteiger partial charge in [0, 0.05) is 6.04 Å². The lowest BCUT2D eigenvalue weighted by Gasteiger charge is -2.30. The van der Waals surface area contributed by atoms with Gasteiger partial charge in [-0.1, -0.05) is 26.7 Å². The second kappa shape index (κ2) is 6.14. The van der Waals surface area contributed by atoms with Crippen LogP contribution >= 0.6 is 0 Å². The maximum Gasteiger partial charge on any atom is 0.316 e. The zero-order valence-electron chi connectivity index (χ0n) is 10.7. The van der Waals surface area contributed by atoms with E-state index in [-0.39, 0.29) is 17.9 Å². The summed E-state index contributed by atoms with van der Waals surface area (Å²) in [6, 6.07) is -1.29. The molecule has 0 rings (SSSR count). The highest BCUT2D eigenvalue weighted by Gasteiger charge is 2.28. The summed E-state index contributed by atoms with van der Waals surface area (Å²) < 4.78 is 0. The van der Waals surface area contributed by atoms with E-state index in [2.05, 4.69) is 16.6 Å². The van der Waals surface area contributed by atoms with Crippen molar-refractivity contribution in [3.63, 3.8) is 0 Å². The second-order valence-corrected chi connectivity index (χ2v) is 5.02. The normalized spacial score (nSPS) is 14.3. The van der Waals surface area contributed by atoms with Gasteiger partial charge in [0.1, 0.15) is 0 Å². The van der Waals surface area contributed by atoms with Gasteiger partial charge in [-0.15, -0.1) is 6.42 Å². The first kappa shape index (κ1) is 15.3. The van der Waals surface area contributed by atoms with Crippen molar-refractivity contribution >= 4 is 12.0 Å². The molecule has 5 nitrogen and oxygen atoms in total. The maximum atomic E-state index is 11.5. The average Bonchev–Trinajstić information content (AvgIpc) is 2.14. The van der Waals surface area contributed by atoms with E-state index in [1.54, 1.807) is 6.92 Å². The van der Waals surface area contributed by atoms with Gasteiger partial charge >= 0.3 is 12.0 Å². The fourth-order valence-electron chi connectivity index (χ4n) is 1.19. The Morgan fingerprint density at radius 1 is 1.35 bits per heavy atom. The predicted molar refractivity (Wildman–Crippen MR) is 65.5 cm³/mol. The van der Waals surface area contributed by atoms with Gasteiger partial charge in [0.2, 0.25) is 0 Å². The number of carbonyl (C=O) groups is 2. The third-order valence-electron chi connectivity index (χ3n) is 2.33. The third-order valence-corrected chi connectivity index (χ3v) is 2.33. The molecule has 0 saturated heterocycles. The SMILES string of the molecule is C#CC(C)NC(=O)NC(CC(=O)O)C(C)(C)C. The lowest BCUT2D eigenvalue weighted by molar-refractivity contribution is -0.138. The molecule has 0 radical (unpaired) electrons. The standard InChI is InChI=1S/C12H20N2O3/c1-6-8(2)13-11(17)14-9(7-10(15)16)12(3,4)5/h1,8-9H,7H2,2-5H3,(H,15,16)(H2,13,14,17). The molecule has 0 aromatic carbocycles. The molecule has 0 aliphatic carbocycles. The van der Waals surface area contributed by atoms with Crippen LogP contribution in [0.15, 0.2) is 0 Å². The number of amides is 2. The number of carboxylic acids is 1. The van der Waals surface area contributed by atoms with Crippen LogP contribution < -0.4 is 10.6 Å². The molecular formula is C12H20N2O3. The largest absolute Gasteiger partial charge is 0.481 e. The van der Waals surface area contributed by atoms with Crippen molar-refractivity contribution in [1.29, 1.82) is 0 Å². The number of carboxylic acid groups (broad SMARTS) is 1. The van der Waals surface area contributed by atoms with Crippen molar-refractivity contribution in [2.75, 3.05) is 0 Å². The molecule has 2 unspecified atom stereocenters. The number of terminal acetylenes is 1. The summed E-state index contributed by atoms with van der Waals surface area (Å²) in [5.41, 5.74) is -0.338. The van der Waals surface area contributed by atoms with Crippen molar-refractivity contribution < 1.29 is 14.7 Å². The Hall–Kier alpha value is -1.70. The molecule has 96 valence electrons. The molecule has 17 heavy (non-hydrogen) atoms.